The summed E-state index contributed by atoms with van der Waals surface area (Å²) in [6.07, 6.45) is 1.06. The number of Topliss-reactive ketones (excluding diaryl/α,β-unsaturated/α-hetero) is 1. The first-order chi connectivity index (χ1) is 14.0. The molecule has 0 saturated carbocycles. The van der Waals surface area contributed by atoms with E-state index in [0.717, 1.165) is 11.1 Å². The van der Waals surface area contributed by atoms with E-state index < -0.39 is 0 Å². The van der Waals surface area contributed by atoms with Crippen LogP contribution < -0.4 is 14.8 Å². The predicted molar refractivity (Wildman–Crippen MR) is 107 cm³/mol. The summed E-state index contributed by atoms with van der Waals surface area (Å²) in [7, 11) is 3.19. The van der Waals surface area contributed by atoms with Crippen LogP contribution in [0.1, 0.15) is 42.2 Å². The van der Waals surface area contributed by atoms with Crippen molar-refractivity contribution < 1.29 is 24.2 Å². The second-order valence-electron chi connectivity index (χ2n) is 7.43. The summed E-state index contributed by atoms with van der Waals surface area (Å²) in [5, 5.41) is 12.8. The van der Waals surface area contributed by atoms with Crippen LogP contribution in [0, 0.1) is 0 Å². The summed E-state index contributed by atoms with van der Waals surface area (Å²) in [6, 6.07) is 12.3. The van der Waals surface area contributed by atoms with Crippen molar-refractivity contribution in [2.75, 3.05) is 14.2 Å². The minimum Gasteiger partial charge on any atom is -0.508 e. The lowest BCUT2D eigenvalue weighted by atomic mass is 9.73. The van der Waals surface area contributed by atoms with Crippen molar-refractivity contribution in [1.29, 1.82) is 0 Å². The Kier molecular flexibility index (Phi) is 5.01. The highest BCUT2D eigenvalue weighted by Crippen LogP contribution is 2.45. The predicted octanol–water partition coefficient (Wildman–Crippen LogP) is 3.41. The molecule has 2 aliphatic rings. The Morgan fingerprint density at radius 2 is 1.83 bits per heavy atom. The standard InChI is InChI=1S/C23H23NO5/c1-28-16-6-7-21(29-2)17(11-16)14-9-19-23(20(26)10-14)18(12-22(27)24-19)13-4-3-5-15(25)8-13/h3-8,11,14,18,25H,9-10,12H2,1-2H3,(H,24,27)/t14-,18+/m0/s1. The molecule has 0 aromatic heterocycles. The summed E-state index contributed by atoms with van der Waals surface area (Å²) in [6.45, 7) is 0. The fourth-order valence-electron chi connectivity index (χ4n) is 4.36. The van der Waals surface area contributed by atoms with E-state index in [-0.39, 0.29) is 35.7 Å². The van der Waals surface area contributed by atoms with Gasteiger partial charge in [0.25, 0.3) is 0 Å². The molecule has 0 fully saturated rings. The third-order valence-electron chi connectivity index (χ3n) is 5.69. The molecule has 0 unspecified atom stereocenters. The van der Waals surface area contributed by atoms with Gasteiger partial charge in [0.2, 0.25) is 5.91 Å². The fraction of sp³-hybridized carbons (Fsp3) is 0.304. The number of hydrogen-bond acceptors (Lipinski definition) is 5. The van der Waals surface area contributed by atoms with Crippen molar-refractivity contribution >= 4 is 11.7 Å². The van der Waals surface area contributed by atoms with Gasteiger partial charge in [0.15, 0.2) is 5.78 Å². The molecule has 2 N–H and O–H groups in total. The number of carbonyl (C=O) groups is 2. The summed E-state index contributed by atoms with van der Waals surface area (Å²) >= 11 is 0. The molecule has 2 atom stereocenters. The van der Waals surface area contributed by atoms with Gasteiger partial charge in [-0.25, -0.2) is 0 Å². The Labute approximate surface area is 169 Å². The molecule has 6 nitrogen and oxygen atoms in total. The molecule has 0 spiro atoms. The molecule has 2 aromatic rings. The van der Waals surface area contributed by atoms with Gasteiger partial charge in [0.05, 0.1) is 14.2 Å². The lowest BCUT2D eigenvalue weighted by Crippen LogP contribution is -2.38. The van der Waals surface area contributed by atoms with E-state index in [2.05, 4.69) is 5.32 Å². The van der Waals surface area contributed by atoms with Crippen LogP contribution in [0.25, 0.3) is 0 Å². The first kappa shape index (κ1) is 19.1. The lowest BCUT2D eigenvalue weighted by molar-refractivity contribution is -0.122. The molecule has 0 bridgehead atoms. The molecule has 1 heterocycles. The van der Waals surface area contributed by atoms with Crippen molar-refractivity contribution in [2.24, 2.45) is 0 Å². The molecule has 0 saturated heterocycles. The largest absolute Gasteiger partial charge is 0.508 e. The minimum absolute atomic E-state index is 0.00876. The summed E-state index contributed by atoms with van der Waals surface area (Å²) in [5.74, 6) is 0.939. The maximum atomic E-state index is 13.2. The second kappa shape index (κ2) is 7.62. The van der Waals surface area contributed by atoms with Gasteiger partial charge >= 0.3 is 0 Å². The average Bonchev–Trinajstić information content (AvgIpc) is 2.72. The highest BCUT2D eigenvalue weighted by Gasteiger charge is 2.39. The number of amides is 1. The normalized spacial score (nSPS) is 21.4. The lowest BCUT2D eigenvalue weighted by Gasteiger charge is -2.35. The number of aromatic hydroxyl groups is 1. The molecule has 4 rings (SSSR count). The number of carbonyl (C=O) groups excluding carboxylic acids is 2. The monoisotopic (exact) mass is 393 g/mol. The number of nitrogens with one attached hydrogen (secondary N) is 1. The number of ketones is 1. The van der Waals surface area contributed by atoms with Gasteiger partial charge in [-0.1, -0.05) is 12.1 Å². The number of phenolic OH excluding ortho intramolecular Hbond substituents is 1. The van der Waals surface area contributed by atoms with Crippen LogP contribution in [0.4, 0.5) is 0 Å². The summed E-state index contributed by atoms with van der Waals surface area (Å²) in [5.41, 5.74) is 2.98. The Hall–Kier alpha value is -3.28. The van der Waals surface area contributed by atoms with E-state index in [9.17, 15) is 14.7 Å². The van der Waals surface area contributed by atoms with Crippen molar-refractivity contribution in [3.8, 4) is 17.2 Å². The first-order valence-corrected chi connectivity index (χ1v) is 9.57. The molecule has 1 aliphatic carbocycles. The highest BCUT2D eigenvalue weighted by molar-refractivity contribution is 6.02. The van der Waals surface area contributed by atoms with Crippen LogP contribution >= 0.6 is 0 Å². The maximum Gasteiger partial charge on any atom is 0.225 e. The molecule has 1 aliphatic heterocycles. The van der Waals surface area contributed by atoms with E-state index >= 15 is 0 Å². The first-order valence-electron chi connectivity index (χ1n) is 9.57. The number of allylic oxidation sites excluding steroid dienone is 2. The van der Waals surface area contributed by atoms with Crippen LogP contribution in [0.2, 0.25) is 0 Å². The molecular formula is C23H23NO5. The molecule has 150 valence electrons. The van der Waals surface area contributed by atoms with Gasteiger partial charge in [-0.05, 0) is 42.3 Å². The van der Waals surface area contributed by atoms with Crippen LogP contribution in [0.3, 0.4) is 0 Å². The second-order valence-corrected chi connectivity index (χ2v) is 7.43. The SMILES string of the molecule is COc1ccc(OC)c([C@@H]2CC(=O)C3=C(C2)NC(=O)C[C@@H]3c2cccc(O)c2)c1. The van der Waals surface area contributed by atoms with Gasteiger partial charge < -0.3 is 19.9 Å². The number of ether oxygens (including phenoxy) is 2. The number of phenols is 1. The van der Waals surface area contributed by atoms with E-state index in [1.807, 2.05) is 24.3 Å². The molecule has 2 aromatic carbocycles. The van der Waals surface area contributed by atoms with Gasteiger partial charge in [0, 0.05) is 41.5 Å². The van der Waals surface area contributed by atoms with Crippen LogP contribution in [0.5, 0.6) is 17.2 Å². The zero-order valence-corrected chi connectivity index (χ0v) is 16.4. The zero-order valence-electron chi connectivity index (χ0n) is 16.4. The molecular weight excluding hydrogens is 370 g/mol. The number of benzene rings is 2. The van der Waals surface area contributed by atoms with E-state index in [4.69, 9.17) is 9.47 Å². The van der Waals surface area contributed by atoms with Crippen LogP contribution in [0.15, 0.2) is 53.7 Å². The Balaban J connectivity index is 1.74. The van der Waals surface area contributed by atoms with Crippen molar-refractivity contribution in [2.45, 2.75) is 31.1 Å². The van der Waals surface area contributed by atoms with Gasteiger partial charge in [-0.15, -0.1) is 0 Å². The fourth-order valence-corrected chi connectivity index (χ4v) is 4.36. The molecule has 1 amide bonds. The third kappa shape index (κ3) is 3.58. The van der Waals surface area contributed by atoms with Crippen molar-refractivity contribution in [3.63, 3.8) is 0 Å². The van der Waals surface area contributed by atoms with Gasteiger partial charge in [-0.2, -0.15) is 0 Å². The van der Waals surface area contributed by atoms with Crippen molar-refractivity contribution in [1.82, 2.24) is 5.32 Å². The van der Waals surface area contributed by atoms with Crippen LogP contribution in [-0.2, 0) is 9.59 Å². The third-order valence-corrected chi connectivity index (χ3v) is 5.69. The van der Waals surface area contributed by atoms with E-state index in [0.29, 0.717) is 35.6 Å². The molecule has 6 heteroatoms. The quantitative estimate of drug-likeness (QED) is 0.832. The number of rotatable bonds is 4. The molecule has 0 radical (unpaired) electrons. The highest BCUT2D eigenvalue weighted by atomic mass is 16.5. The minimum atomic E-state index is -0.341. The smallest absolute Gasteiger partial charge is 0.225 e. The van der Waals surface area contributed by atoms with Gasteiger partial charge in [0.1, 0.15) is 17.2 Å². The maximum absolute atomic E-state index is 13.2. The summed E-state index contributed by atoms with van der Waals surface area (Å²) in [4.78, 5) is 25.6. The van der Waals surface area contributed by atoms with E-state index in [1.165, 1.54) is 0 Å². The topological polar surface area (TPSA) is 84.9 Å². The van der Waals surface area contributed by atoms with Gasteiger partial charge in [-0.3, -0.25) is 9.59 Å². The Morgan fingerprint density at radius 3 is 2.55 bits per heavy atom. The van der Waals surface area contributed by atoms with Crippen LogP contribution in [-0.4, -0.2) is 31.0 Å². The average molecular weight is 393 g/mol. The molecule has 29 heavy (non-hydrogen) atoms. The van der Waals surface area contributed by atoms with E-state index in [1.54, 1.807) is 32.4 Å². The Bertz CT molecular complexity index is 1010. The summed E-state index contributed by atoms with van der Waals surface area (Å²) < 4.78 is 10.8. The zero-order chi connectivity index (χ0) is 20.5. The number of hydrogen-bond donors (Lipinski definition) is 2. The van der Waals surface area contributed by atoms with Crippen molar-refractivity contribution in [3.05, 3.63) is 64.9 Å². The Morgan fingerprint density at radius 1 is 1.00 bits per heavy atom. The number of methoxy groups -OCH3 is 2.